The van der Waals surface area contributed by atoms with Gasteiger partial charge in [0.05, 0.1) is 12.0 Å². The highest BCUT2D eigenvalue weighted by Gasteiger charge is 2.10. The minimum atomic E-state index is -0.282. The van der Waals surface area contributed by atoms with Gasteiger partial charge in [0.25, 0.3) is 5.56 Å². The Kier molecular flexibility index (Phi) is 2.22. The number of hydrogen-bond donors (Lipinski definition) is 1. The van der Waals surface area contributed by atoms with Crippen LogP contribution in [-0.4, -0.2) is 25.0 Å². The summed E-state index contributed by atoms with van der Waals surface area (Å²) >= 11 is 0. The van der Waals surface area contributed by atoms with E-state index in [4.69, 9.17) is 0 Å². The van der Waals surface area contributed by atoms with Crippen LogP contribution in [0.2, 0.25) is 0 Å². The first-order valence-electron chi connectivity index (χ1n) is 5.53. The summed E-state index contributed by atoms with van der Waals surface area (Å²) in [5.74, 6) is 0. The molecule has 0 atom stereocenters. The van der Waals surface area contributed by atoms with Crippen molar-refractivity contribution in [1.29, 1.82) is 0 Å². The third-order valence-corrected chi connectivity index (χ3v) is 2.98. The number of aromatic amines is 1. The molecule has 6 heteroatoms. The number of H-pyrrole nitrogens is 1. The second-order valence-electron chi connectivity index (χ2n) is 4.17. The summed E-state index contributed by atoms with van der Waals surface area (Å²) in [7, 11) is 0. The Morgan fingerprint density at radius 3 is 2.83 bits per heavy atom. The number of rotatable bonds is 1. The van der Waals surface area contributed by atoms with Crippen LogP contribution in [0.1, 0.15) is 11.1 Å². The fourth-order valence-corrected chi connectivity index (χ4v) is 1.79. The molecule has 0 fully saturated rings. The van der Waals surface area contributed by atoms with E-state index in [0.717, 1.165) is 11.3 Å². The molecule has 1 N–H and O–H groups in total. The molecule has 0 spiro atoms. The number of aryl methyl sites for hydroxylation is 2. The van der Waals surface area contributed by atoms with Gasteiger partial charge in [0.15, 0.2) is 11.2 Å². The molecule has 0 aliphatic heterocycles. The van der Waals surface area contributed by atoms with Crippen LogP contribution in [0, 0.1) is 13.8 Å². The van der Waals surface area contributed by atoms with E-state index in [1.807, 2.05) is 32.0 Å². The maximum atomic E-state index is 11.5. The van der Waals surface area contributed by atoms with E-state index < -0.39 is 0 Å². The number of benzene rings is 1. The Bertz CT molecular complexity index is 787. The molecule has 0 aliphatic carbocycles. The van der Waals surface area contributed by atoms with Crippen LogP contribution < -0.4 is 5.56 Å². The Morgan fingerprint density at radius 2 is 2.06 bits per heavy atom. The normalized spacial score (nSPS) is 11.0. The SMILES string of the molecule is Cc1ccc(-n2nnc3c(=O)[nH]cnc32)cc1C. The van der Waals surface area contributed by atoms with E-state index in [2.05, 4.69) is 20.3 Å². The molecule has 2 heterocycles. The van der Waals surface area contributed by atoms with E-state index in [0.29, 0.717) is 5.65 Å². The van der Waals surface area contributed by atoms with Crippen molar-refractivity contribution in [3.63, 3.8) is 0 Å². The second kappa shape index (κ2) is 3.76. The monoisotopic (exact) mass is 241 g/mol. The lowest BCUT2D eigenvalue weighted by Crippen LogP contribution is -2.07. The van der Waals surface area contributed by atoms with Crippen molar-refractivity contribution in [3.8, 4) is 5.69 Å². The quantitative estimate of drug-likeness (QED) is 0.692. The van der Waals surface area contributed by atoms with Crippen molar-refractivity contribution in [3.05, 3.63) is 46.0 Å². The average molecular weight is 241 g/mol. The van der Waals surface area contributed by atoms with Gasteiger partial charge in [-0.3, -0.25) is 4.79 Å². The molecule has 0 radical (unpaired) electrons. The second-order valence-corrected chi connectivity index (χ2v) is 4.17. The lowest BCUT2D eigenvalue weighted by Gasteiger charge is -2.04. The van der Waals surface area contributed by atoms with E-state index >= 15 is 0 Å². The molecule has 0 bridgehead atoms. The van der Waals surface area contributed by atoms with Gasteiger partial charge in [0.1, 0.15) is 0 Å². The minimum Gasteiger partial charge on any atom is -0.311 e. The van der Waals surface area contributed by atoms with Crippen molar-refractivity contribution < 1.29 is 0 Å². The third-order valence-electron chi connectivity index (χ3n) is 2.98. The fraction of sp³-hybridized carbons (Fsp3) is 0.167. The maximum absolute atomic E-state index is 11.5. The smallest absolute Gasteiger partial charge is 0.280 e. The van der Waals surface area contributed by atoms with Gasteiger partial charge in [-0.05, 0) is 37.1 Å². The van der Waals surface area contributed by atoms with Gasteiger partial charge < -0.3 is 4.98 Å². The van der Waals surface area contributed by atoms with E-state index in [9.17, 15) is 4.79 Å². The van der Waals surface area contributed by atoms with Crippen LogP contribution in [-0.2, 0) is 0 Å². The van der Waals surface area contributed by atoms with Gasteiger partial charge in [-0.15, -0.1) is 5.10 Å². The molecule has 1 aromatic carbocycles. The van der Waals surface area contributed by atoms with Crippen LogP contribution in [0.3, 0.4) is 0 Å². The average Bonchev–Trinajstić information content (AvgIpc) is 2.78. The zero-order chi connectivity index (χ0) is 12.7. The molecule has 0 amide bonds. The van der Waals surface area contributed by atoms with Crippen LogP contribution in [0.4, 0.5) is 0 Å². The fourth-order valence-electron chi connectivity index (χ4n) is 1.79. The van der Waals surface area contributed by atoms with Crippen molar-refractivity contribution >= 4 is 11.2 Å². The van der Waals surface area contributed by atoms with Gasteiger partial charge in [-0.1, -0.05) is 11.3 Å². The molecule has 6 nitrogen and oxygen atoms in total. The minimum absolute atomic E-state index is 0.246. The van der Waals surface area contributed by atoms with Crippen molar-refractivity contribution in [2.45, 2.75) is 13.8 Å². The van der Waals surface area contributed by atoms with Crippen LogP contribution in [0.15, 0.2) is 29.3 Å². The molecule has 2 aromatic heterocycles. The van der Waals surface area contributed by atoms with Crippen molar-refractivity contribution in [2.24, 2.45) is 0 Å². The number of hydrogen-bond acceptors (Lipinski definition) is 4. The zero-order valence-electron chi connectivity index (χ0n) is 10.0. The number of fused-ring (bicyclic) bond motifs is 1. The summed E-state index contributed by atoms with van der Waals surface area (Å²) in [6.45, 7) is 4.07. The van der Waals surface area contributed by atoms with E-state index in [1.165, 1.54) is 11.9 Å². The standard InChI is InChI=1S/C12H11N5O/c1-7-3-4-9(5-8(7)2)17-11-10(15-16-17)12(18)14-6-13-11/h3-6H,1-2H3,(H,13,14,18). The Balaban J connectivity index is 2.29. The summed E-state index contributed by atoms with van der Waals surface area (Å²) < 4.78 is 1.57. The Morgan fingerprint density at radius 1 is 1.22 bits per heavy atom. The summed E-state index contributed by atoms with van der Waals surface area (Å²) in [5, 5.41) is 7.83. The van der Waals surface area contributed by atoms with Gasteiger partial charge >= 0.3 is 0 Å². The predicted octanol–water partition coefficient (Wildman–Crippen LogP) is 1.12. The Labute approximate surface area is 102 Å². The number of nitrogens with one attached hydrogen (secondary N) is 1. The maximum Gasteiger partial charge on any atom is 0.280 e. The molecular formula is C12H11N5O. The summed E-state index contributed by atoms with van der Waals surface area (Å²) in [6.07, 6.45) is 1.35. The molecule has 0 saturated carbocycles. The number of aromatic nitrogens is 5. The van der Waals surface area contributed by atoms with Gasteiger partial charge in [0.2, 0.25) is 0 Å². The predicted molar refractivity (Wildman–Crippen MR) is 66.8 cm³/mol. The zero-order valence-corrected chi connectivity index (χ0v) is 10.0. The molecular weight excluding hydrogens is 230 g/mol. The summed E-state index contributed by atoms with van der Waals surface area (Å²) in [4.78, 5) is 18.1. The van der Waals surface area contributed by atoms with Gasteiger partial charge in [0, 0.05) is 0 Å². The molecule has 3 aromatic rings. The molecule has 18 heavy (non-hydrogen) atoms. The van der Waals surface area contributed by atoms with Crippen LogP contribution in [0.5, 0.6) is 0 Å². The van der Waals surface area contributed by atoms with Gasteiger partial charge in [-0.2, -0.15) is 4.68 Å². The molecule has 90 valence electrons. The first-order chi connectivity index (χ1) is 8.66. The molecule has 0 unspecified atom stereocenters. The van der Waals surface area contributed by atoms with Crippen LogP contribution in [0.25, 0.3) is 16.9 Å². The van der Waals surface area contributed by atoms with Crippen molar-refractivity contribution in [1.82, 2.24) is 25.0 Å². The van der Waals surface area contributed by atoms with Gasteiger partial charge in [-0.25, -0.2) is 4.98 Å². The third kappa shape index (κ3) is 1.50. The lowest BCUT2D eigenvalue weighted by atomic mass is 10.1. The van der Waals surface area contributed by atoms with Crippen LogP contribution >= 0.6 is 0 Å². The van der Waals surface area contributed by atoms with Crippen molar-refractivity contribution in [2.75, 3.05) is 0 Å². The number of nitrogens with zero attached hydrogens (tertiary/aromatic N) is 4. The van der Waals surface area contributed by atoms with E-state index in [-0.39, 0.29) is 11.1 Å². The Hall–Kier alpha value is -2.50. The molecule has 0 saturated heterocycles. The molecule has 0 aliphatic rings. The summed E-state index contributed by atoms with van der Waals surface area (Å²) in [6, 6.07) is 5.93. The highest BCUT2D eigenvalue weighted by molar-refractivity contribution is 5.70. The topological polar surface area (TPSA) is 76.5 Å². The largest absolute Gasteiger partial charge is 0.311 e. The first kappa shape index (κ1) is 10.6. The highest BCUT2D eigenvalue weighted by atomic mass is 16.1. The highest BCUT2D eigenvalue weighted by Crippen LogP contribution is 2.15. The van der Waals surface area contributed by atoms with E-state index in [1.54, 1.807) is 4.68 Å². The molecule has 3 rings (SSSR count). The first-order valence-corrected chi connectivity index (χ1v) is 5.53. The summed E-state index contributed by atoms with van der Waals surface area (Å²) in [5.41, 5.74) is 3.63. The lowest BCUT2D eigenvalue weighted by molar-refractivity contribution is 0.816.